The first kappa shape index (κ1) is 18.0. The predicted molar refractivity (Wildman–Crippen MR) is 109 cm³/mol. The normalized spacial score (nSPS) is 21.9. The molecule has 4 rings (SSSR count). The summed E-state index contributed by atoms with van der Waals surface area (Å²) in [4.78, 5) is 17.2. The fraction of sp³-hybridized carbons (Fsp3) is 0.200. The molecule has 2 heterocycles. The third-order valence-corrected chi connectivity index (χ3v) is 7.09. The first-order chi connectivity index (χ1) is 13.1. The molecule has 2 unspecified atom stereocenters. The molecule has 0 saturated carbocycles. The highest BCUT2D eigenvalue weighted by Gasteiger charge is 2.47. The van der Waals surface area contributed by atoms with Crippen LogP contribution in [0.3, 0.4) is 0 Å². The van der Waals surface area contributed by atoms with Gasteiger partial charge in [0.15, 0.2) is 4.34 Å². The Morgan fingerprint density at radius 1 is 1.15 bits per heavy atom. The number of thioether (sulfide) groups is 1. The van der Waals surface area contributed by atoms with Crippen molar-refractivity contribution in [1.29, 1.82) is 0 Å². The largest absolute Gasteiger partial charge is 0.497 e. The molecule has 27 heavy (non-hydrogen) atoms. The first-order valence-corrected chi connectivity index (χ1v) is 10.3. The van der Waals surface area contributed by atoms with Gasteiger partial charge in [-0.2, -0.15) is 0 Å². The smallest absolute Gasteiger partial charge is 0.249 e. The van der Waals surface area contributed by atoms with Gasteiger partial charge in [-0.05, 0) is 36.8 Å². The molecule has 1 aliphatic heterocycles. The van der Waals surface area contributed by atoms with Crippen LogP contribution in [0.2, 0.25) is 0 Å². The highest BCUT2D eigenvalue weighted by Crippen LogP contribution is 2.41. The standard InChI is InChI=1S/C20H19N3O2S2/c1-20(14-6-4-3-5-7-14)17(18(24)22-23-20)27-19-21-16(12-26-19)13-8-10-15(25-2)11-9-13/h3-12,17,23H,1-2H3,(H,22,24). The van der Waals surface area contributed by atoms with Crippen molar-refractivity contribution in [1.82, 2.24) is 15.8 Å². The number of hydrogen-bond donors (Lipinski definition) is 2. The maximum atomic E-state index is 12.5. The van der Waals surface area contributed by atoms with Gasteiger partial charge < -0.3 is 4.74 Å². The Kier molecular flexibility index (Phi) is 4.90. The second-order valence-corrected chi connectivity index (χ2v) is 8.62. The maximum absolute atomic E-state index is 12.5. The minimum Gasteiger partial charge on any atom is -0.497 e. The molecule has 1 fully saturated rings. The van der Waals surface area contributed by atoms with Crippen molar-refractivity contribution in [3.05, 3.63) is 65.5 Å². The van der Waals surface area contributed by atoms with Gasteiger partial charge in [0, 0.05) is 10.9 Å². The summed E-state index contributed by atoms with van der Waals surface area (Å²) in [5.41, 5.74) is 8.43. The molecular weight excluding hydrogens is 378 g/mol. The fourth-order valence-corrected chi connectivity index (χ4v) is 5.23. The number of nitrogens with zero attached hydrogens (tertiary/aromatic N) is 1. The minimum absolute atomic E-state index is 0.0347. The number of methoxy groups -OCH3 is 1. The number of carbonyl (C=O) groups is 1. The monoisotopic (exact) mass is 397 g/mol. The number of thiazole rings is 1. The lowest BCUT2D eigenvalue weighted by molar-refractivity contribution is -0.119. The summed E-state index contributed by atoms with van der Waals surface area (Å²) >= 11 is 3.04. The fourth-order valence-electron chi connectivity index (χ4n) is 3.07. The van der Waals surface area contributed by atoms with Crippen molar-refractivity contribution in [2.75, 3.05) is 7.11 Å². The van der Waals surface area contributed by atoms with E-state index in [-0.39, 0.29) is 11.2 Å². The van der Waals surface area contributed by atoms with Gasteiger partial charge in [-0.15, -0.1) is 11.3 Å². The molecule has 0 aliphatic carbocycles. The zero-order valence-electron chi connectivity index (χ0n) is 14.9. The third-order valence-electron chi connectivity index (χ3n) is 4.67. The van der Waals surface area contributed by atoms with Crippen LogP contribution in [-0.4, -0.2) is 23.3 Å². The van der Waals surface area contributed by atoms with Crippen molar-refractivity contribution in [3.63, 3.8) is 0 Å². The van der Waals surface area contributed by atoms with Crippen LogP contribution < -0.4 is 15.6 Å². The van der Waals surface area contributed by atoms with Crippen molar-refractivity contribution < 1.29 is 9.53 Å². The summed E-state index contributed by atoms with van der Waals surface area (Å²) in [7, 11) is 1.65. The van der Waals surface area contributed by atoms with Crippen LogP contribution in [0.5, 0.6) is 5.75 Å². The Hall–Kier alpha value is -2.35. The van der Waals surface area contributed by atoms with Gasteiger partial charge in [0.25, 0.3) is 0 Å². The Morgan fingerprint density at radius 2 is 1.89 bits per heavy atom. The van der Waals surface area contributed by atoms with Crippen molar-refractivity contribution in [3.8, 4) is 17.0 Å². The van der Waals surface area contributed by atoms with Gasteiger partial charge in [0.2, 0.25) is 5.91 Å². The van der Waals surface area contributed by atoms with Crippen molar-refractivity contribution >= 4 is 29.0 Å². The lowest BCUT2D eigenvalue weighted by atomic mass is 9.90. The van der Waals surface area contributed by atoms with E-state index in [1.807, 2.05) is 66.9 Å². The molecule has 1 aromatic heterocycles. The number of ether oxygens (including phenoxy) is 1. The minimum atomic E-state index is -0.505. The average molecular weight is 398 g/mol. The molecule has 0 radical (unpaired) electrons. The average Bonchev–Trinajstić information content (AvgIpc) is 3.30. The summed E-state index contributed by atoms with van der Waals surface area (Å²) in [6, 6.07) is 17.8. The van der Waals surface area contributed by atoms with Crippen LogP contribution in [0, 0.1) is 0 Å². The molecule has 0 bridgehead atoms. The lowest BCUT2D eigenvalue weighted by Crippen LogP contribution is -2.42. The van der Waals surface area contributed by atoms with Crippen molar-refractivity contribution in [2.45, 2.75) is 22.1 Å². The highest BCUT2D eigenvalue weighted by molar-refractivity contribution is 8.02. The summed E-state index contributed by atoms with van der Waals surface area (Å²) in [6.45, 7) is 2.04. The SMILES string of the molecule is COc1ccc(-c2csc(SC3C(=O)NNC3(C)c3ccccc3)n2)cc1. The first-order valence-electron chi connectivity index (χ1n) is 8.49. The van der Waals surface area contributed by atoms with E-state index in [9.17, 15) is 4.79 Å². The number of rotatable bonds is 5. The topological polar surface area (TPSA) is 63.2 Å². The lowest BCUT2D eigenvalue weighted by Gasteiger charge is -2.28. The quantitative estimate of drug-likeness (QED) is 0.685. The van der Waals surface area contributed by atoms with Crippen LogP contribution in [0.4, 0.5) is 0 Å². The van der Waals surface area contributed by atoms with E-state index in [4.69, 9.17) is 9.72 Å². The summed E-state index contributed by atoms with van der Waals surface area (Å²) in [5, 5.41) is 1.71. The zero-order chi connectivity index (χ0) is 18.9. The van der Waals surface area contributed by atoms with Gasteiger partial charge >= 0.3 is 0 Å². The van der Waals surface area contributed by atoms with E-state index in [2.05, 4.69) is 10.9 Å². The van der Waals surface area contributed by atoms with Gasteiger partial charge in [-0.25, -0.2) is 10.4 Å². The number of benzene rings is 2. The summed E-state index contributed by atoms with van der Waals surface area (Å²) in [6.07, 6.45) is 0. The van der Waals surface area contributed by atoms with E-state index in [0.29, 0.717) is 0 Å². The number of carbonyl (C=O) groups excluding carboxylic acids is 1. The van der Waals surface area contributed by atoms with Crippen LogP contribution in [0.25, 0.3) is 11.3 Å². The van der Waals surface area contributed by atoms with Crippen molar-refractivity contribution in [2.24, 2.45) is 0 Å². The van der Waals surface area contributed by atoms with Gasteiger partial charge in [-0.3, -0.25) is 10.2 Å². The Labute approximate surface area is 166 Å². The molecule has 3 aromatic rings. The highest BCUT2D eigenvalue weighted by atomic mass is 32.2. The number of hydrazine groups is 1. The molecule has 2 N–H and O–H groups in total. The molecule has 2 atom stereocenters. The molecule has 138 valence electrons. The van der Waals surface area contributed by atoms with Crippen LogP contribution >= 0.6 is 23.1 Å². The second-order valence-electron chi connectivity index (χ2n) is 6.41. The molecule has 1 saturated heterocycles. The molecule has 7 heteroatoms. The van der Waals surface area contributed by atoms with Crippen LogP contribution in [0.15, 0.2) is 64.3 Å². The van der Waals surface area contributed by atoms with E-state index < -0.39 is 5.54 Å². The van der Waals surface area contributed by atoms with Gasteiger partial charge in [0.1, 0.15) is 11.0 Å². The summed E-state index contributed by atoms with van der Waals surface area (Å²) < 4.78 is 6.07. The van der Waals surface area contributed by atoms with Gasteiger partial charge in [0.05, 0.1) is 18.3 Å². The molecule has 5 nitrogen and oxygen atoms in total. The van der Waals surface area contributed by atoms with Crippen LogP contribution in [0.1, 0.15) is 12.5 Å². The van der Waals surface area contributed by atoms with E-state index in [1.165, 1.54) is 11.8 Å². The third kappa shape index (κ3) is 3.45. The second kappa shape index (κ2) is 7.34. The Bertz CT molecular complexity index is 943. The molecule has 1 aliphatic rings. The maximum Gasteiger partial charge on any atom is 0.249 e. The molecule has 2 aromatic carbocycles. The number of nitrogens with one attached hydrogen (secondary N) is 2. The molecule has 0 spiro atoms. The number of amides is 1. The number of aromatic nitrogens is 1. The Balaban J connectivity index is 1.57. The van der Waals surface area contributed by atoms with E-state index in [1.54, 1.807) is 18.4 Å². The van der Waals surface area contributed by atoms with Gasteiger partial charge in [-0.1, -0.05) is 42.1 Å². The Morgan fingerprint density at radius 3 is 2.59 bits per heavy atom. The van der Waals surface area contributed by atoms with E-state index in [0.717, 1.165) is 26.9 Å². The number of hydrogen-bond acceptors (Lipinski definition) is 6. The summed E-state index contributed by atoms with van der Waals surface area (Å²) in [5.74, 6) is 0.781. The predicted octanol–water partition coefficient (Wildman–Crippen LogP) is 3.83. The van der Waals surface area contributed by atoms with Crippen LogP contribution in [-0.2, 0) is 10.3 Å². The molecular formula is C20H19N3O2S2. The molecule has 1 amide bonds. The van der Waals surface area contributed by atoms with E-state index >= 15 is 0 Å². The zero-order valence-corrected chi connectivity index (χ0v) is 16.6.